The molecule has 9 heteroatoms. The van der Waals surface area contributed by atoms with E-state index in [0.29, 0.717) is 5.69 Å². The Labute approximate surface area is 133 Å². The van der Waals surface area contributed by atoms with E-state index in [1.54, 1.807) is 5.32 Å². The number of anilines is 1. The Kier molecular flexibility index (Phi) is 4.95. The van der Waals surface area contributed by atoms with E-state index < -0.39 is 24.5 Å². The average molecular weight is 347 g/mol. The number of furan rings is 1. The van der Waals surface area contributed by atoms with E-state index in [-0.39, 0.29) is 16.5 Å². The fraction of sp³-hybridized carbons (Fsp3) is 0.143. The lowest BCUT2D eigenvalue weighted by atomic mass is 10.2. The van der Waals surface area contributed by atoms with Crippen molar-refractivity contribution < 1.29 is 27.2 Å². The molecule has 0 bridgehead atoms. The summed E-state index contributed by atoms with van der Waals surface area (Å²) >= 11 is 5.55. The smallest absolute Gasteiger partial charge is 0.405 e. The number of rotatable bonds is 4. The van der Waals surface area contributed by atoms with Crippen LogP contribution in [0.25, 0.3) is 0 Å². The lowest BCUT2D eigenvalue weighted by Crippen LogP contribution is -2.33. The van der Waals surface area contributed by atoms with Gasteiger partial charge in [-0.15, -0.1) is 0 Å². The van der Waals surface area contributed by atoms with Crippen LogP contribution in [0.15, 0.2) is 40.8 Å². The topological polar surface area (TPSA) is 71.3 Å². The molecule has 5 nitrogen and oxygen atoms in total. The lowest BCUT2D eigenvalue weighted by Gasteiger charge is -2.09. The van der Waals surface area contributed by atoms with Gasteiger partial charge in [0.25, 0.3) is 11.8 Å². The van der Waals surface area contributed by atoms with E-state index in [1.807, 2.05) is 0 Å². The van der Waals surface area contributed by atoms with Gasteiger partial charge in [0.05, 0.1) is 0 Å². The fourth-order valence-electron chi connectivity index (χ4n) is 1.62. The van der Waals surface area contributed by atoms with Crippen molar-refractivity contribution in [3.05, 3.63) is 52.9 Å². The van der Waals surface area contributed by atoms with Gasteiger partial charge in [0, 0.05) is 11.3 Å². The number of carbonyl (C=O) groups excluding carboxylic acids is 2. The van der Waals surface area contributed by atoms with Gasteiger partial charge in [-0.25, -0.2) is 0 Å². The molecular formula is C14H10ClF3N2O3. The molecule has 0 aliphatic rings. The van der Waals surface area contributed by atoms with Gasteiger partial charge in [-0.3, -0.25) is 9.59 Å². The monoisotopic (exact) mass is 346 g/mol. The minimum Gasteiger partial charge on any atom is -0.440 e. The van der Waals surface area contributed by atoms with Gasteiger partial charge < -0.3 is 15.1 Å². The van der Waals surface area contributed by atoms with Crippen molar-refractivity contribution in [1.29, 1.82) is 0 Å². The molecule has 2 amide bonds. The molecule has 0 aliphatic carbocycles. The van der Waals surface area contributed by atoms with Gasteiger partial charge in [0.1, 0.15) is 6.54 Å². The van der Waals surface area contributed by atoms with Crippen molar-refractivity contribution in [3.63, 3.8) is 0 Å². The van der Waals surface area contributed by atoms with Crippen molar-refractivity contribution in [2.24, 2.45) is 0 Å². The van der Waals surface area contributed by atoms with Gasteiger partial charge >= 0.3 is 6.18 Å². The van der Waals surface area contributed by atoms with Crippen molar-refractivity contribution in [3.8, 4) is 0 Å². The molecule has 0 atom stereocenters. The van der Waals surface area contributed by atoms with Crippen LogP contribution in [0.1, 0.15) is 20.9 Å². The van der Waals surface area contributed by atoms with Gasteiger partial charge in [0.15, 0.2) is 11.0 Å². The first kappa shape index (κ1) is 16.9. The molecule has 0 unspecified atom stereocenters. The summed E-state index contributed by atoms with van der Waals surface area (Å²) in [5.41, 5.74) is 0.378. The Morgan fingerprint density at radius 1 is 1.04 bits per heavy atom. The molecule has 2 N–H and O–H groups in total. The number of hydrogen-bond donors (Lipinski definition) is 2. The van der Waals surface area contributed by atoms with Crippen LogP contribution in [0.2, 0.25) is 5.22 Å². The first-order valence-corrected chi connectivity index (χ1v) is 6.64. The average Bonchev–Trinajstić information content (AvgIpc) is 2.91. The maximum atomic E-state index is 12.0. The third-order valence-corrected chi connectivity index (χ3v) is 2.85. The Morgan fingerprint density at radius 2 is 1.70 bits per heavy atom. The summed E-state index contributed by atoms with van der Waals surface area (Å²) in [5, 5.41) is 4.30. The summed E-state index contributed by atoms with van der Waals surface area (Å²) in [6.07, 6.45) is -4.48. The first-order chi connectivity index (χ1) is 10.7. The highest BCUT2D eigenvalue weighted by Gasteiger charge is 2.27. The van der Waals surface area contributed by atoms with Gasteiger partial charge in [0.2, 0.25) is 0 Å². The molecule has 0 fully saturated rings. The van der Waals surface area contributed by atoms with Crippen molar-refractivity contribution in [2.45, 2.75) is 6.18 Å². The maximum absolute atomic E-state index is 12.0. The highest BCUT2D eigenvalue weighted by atomic mass is 35.5. The van der Waals surface area contributed by atoms with Crippen LogP contribution in [0.3, 0.4) is 0 Å². The summed E-state index contributed by atoms with van der Waals surface area (Å²) in [6.45, 7) is -1.41. The van der Waals surface area contributed by atoms with Crippen LogP contribution >= 0.6 is 11.6 Å². The number of benzene rings is 1. The second-order valence-electron chi connectivity index (χ2n) is 4.43. The highest BCUT2D eigenvalue weighted by molar-refractivity contribution is 6.29. The minimum atomic E-state index is -4.48. The standard InChI is InChI=1S/C14H10ClF3N2O3/c15-11-6-5-10(23-11)13(22)20-9-3-1-8(2-4-9)12(21)19-7-14(16,17)18/h1-6H,7H2,(H,19,21)(H,20,22). The van der Waals surface area contributed by atoms with Gasteiger partial charge in [-0.05, 0) is 48.0 Å². The normalized spacial score (nSPS) is 11.1. The van der Waals surface area contributed by atoms with Crippen molar-refractivity contribution >= 4 is 29.1 Å². The molecule has 2 aromatic rings. The van der Waals surface area contributed by atoms with Crippen LogP contribution in [0.4, 0.5) is 18.9 Å². The van der Waals surface area contributed by atoms with Crippen LogP contribution < -0.4 is 10.6 Å². The summed E-state index contributed by atoms with van der Waals surface area (Å²) < 4.78 is 41.0. The molecule has 122 valence electrons. The lowest BCUT2D eigenvalue weighted by molar-refractivity contribution is -0.123. The summed E-state index contributed by atoms with van der Waals surface area (Å²) in [6, 6.07) is 8.13. The van der Waals surface area contributed by atoms with Crippen LogP contribution in [0, 0.1) is 0 Å². The number of halogens is 4. The molecule has 2 rings (SSSR count). The van der Waals surface area contributed by atoms with Crippen LogP contribution in [-0.2, 0) is 0 Å². The van der Waals surface area contributed by atoms with Crippen LogP contribution in [0.5, 0.6) is 0 Å². The van der Waals surface area contributed by atoms with E-state index in [1.165, 1.54) is 36.4 Å². The number of alkyl halides is 3. The molecule has 1 aromatic heterocycles. The van der Waals surface area contributed by atoms with E-state index in [4.69, 9.17) is 16.0 Å². The number of hydrogen-bond acceptors (Lipinski definition) is 3. The van der Waals surface area contributed by atoms with Gasteiger partial charge in [-0.2, -0.15) is 13.2 Å². The molecule has 0 radical (unpaired) electrons. The predicted octanol–water partition coefficient (Wildman–Crippen LogP) is 3.48. The third kappa shape index (κ3) is 5.03. The highest BCUT2D eigenvalue weighted by Crippen LogP contribution is 2.16. The Bertz CT molecular complexity index is 711. The molecule has 0 saturated carbocycles. The van der Waals surface area contributed by atoms with E-state index in [9.17, 15) is 22.8 Å². The molecule has 1 heterocycles. The quantitative estimate of drug-likeness (QED) is 0.890. The van der Waals surface area contributed by atoms with Crippen molar-refractivity contribution in [2.75, 3.05) is 11.9 Å². The van der Waals surface area contributed by atoms with Crippen LogP contribution in [-0.4, -0.2) is 24.5 Å². The number of nitrogens with one attached hydrogen (secondary N) is 2. The second kappa shape index (κ2) is 6.74. The Hall–Kier alpha value is -2.48. The zero-order valence-corrected chi connectivity index (χ0v) is 12.2. The van der Waals surface area contributed by atoms with Crippen molar-refractivity contribution in [1.82, 2.24) is 5.32 Å². The molecule has 0 saturated heterocycles. The first-order valence-electron chi connectivity index (χ1n) is 6.26. The summed E-state index contributed by atoms with van der Waals surface area (Å²) in [4.78, 5) is 23.3. The van der Waals surface area contributed by atoms with E-state index in [2.05, 4.69) is 5.32 Å². The molecule has 1 aromatic carbocycles. The number of amides is 2. The number of carbonyl (C=O) groups is 2. The zero-order chi connectivity index (χ0) is 17.0. The summed E-state index contributed by atoms with van der Waals surface area (Å²) in [5.74, 6) is -1.41. The largest absolute Gasteiger partial charge is 0.440 e. The molecule has 0 spiro atoms. The molecule has 23 heavy (non-hydrogen) atoms. The Balaban J connectivity index is 1.96. The molecule has 0 aliphatic heterocycles. The summed E-state index contributed by atoms with van der Waals surface area (Å²) in [7, 11) is 0. The SMILES string of the molecule is O=C(NCC(F)(F)F)c1ccc(NC(=O)c2ccc(Cl)o2)cc1. The van der Waals surface area contributed by atoms with Gasteiger partial charge in [-0.1, -0.05) is 0 Å². The maximum Gasteiger partial charge on any atom is 0.405 e. The molecular weight excluding hydrogens is 337 g/mol. The Morgan fingerprint density at radius 3 is 2.22 bits per heavy atom. The minimum absolute atomic E-state index is 0.00185. The van der Waals surface area contributed by atoms with E-state index >= 15 is 0 Å². The third-order valence-electron chi connectivity index (χ3n) is 2.65. The predicted molar refractivity (Wildman–Crippen MR) is 76.5 cm³/mol. The van der Waals surface area contributed by atoms with E-state index in [0.717, 1.165) is 0 Å². The zero-order valence-electron chi connectivity index (χ0n) is 11.4. The fourth-order valence-corrected chi connectivity index (χ4v) is 1.76. The second-order valence-corrected chi connectivity index (χ2v) is 4.81.